The van der Waals surface area contributed by atoms with Crippen LogP contribution in [0.1, 0.15) is 58.8 Å². The third kappa shape index (κ3) is 7.24. The van der Waals surface area contributed by atoms with Crippen molar-refractivity contribution < 1.29 is 14.3 Å². The van der Waals surface area contributed by atoms with Gasteiger partial charge in [0, 0.05) is 13.1 Å². The summed E-state index contributed by atoms with van der Waals surface area (Å²) in [4.78, 5) is 14.7. The minimum absolute atomic E-state index is 0.00484. The van der Waals surface area contributed by atoms with Gasteiger partial charge in [-0.25, -0.2) is 4.79 Å². The van der Waals surface area contributed by atoms with E-state index in [1.54, 1.807) is 0 Å². The largest absolute Gasteiger partial charge is 0.491 e. The maximum Gasteiger partial charge on any atom is 0.412 e. The van der Waals surface area contributed by atoms with Gasteiger partial charge in [-0.2, -0.15) is 0 Å². The molecule has 1 saturated heterocycles. The van der Waals surface area contributed by atoms with Crippen LogP contribution in [0.4, 0.5) is 10.5 Å². The van der Waals surface area contributed by atoms with Gasteiger partial charge in [-0.1, -0.05) is 45.2 Å². The van der Waals surface area contributed by atoms with Crippen LogP contribution in [0.2, 0.25) is 0 Å². The molecule has 1 amide bonds. The molecule has 0 atom stereocenters. The molecule has 0 saturated carbocycles. The van der Waals surface area contributed by atoms with E-state index >= 15 is 0 Å². The Labute approximate surface area is 158 Å². The van der Waals surface area contributed by atoms with Gasteiger partial charge in [-0.15, -0.1) is 0 Å². The van der Waals surface area contributed by atoms with Crippen LogP contribution in [0.25, 0.3) is 0 Å². The van der Waals surface area contributed by atoms with Crippen molar-refractivity contribution in [2.45, 2.75) is 64.9 Å². The minimum atomic E-state index is -0.388. The zero-order valence-electron chi connectivity index (χ0n) is 16.3. The number of carbonyl (C=O) groups excluding carboxylic acids is 1. The normalized spacial score (nSPS) is 15.6. The van der Waals surface area contributed by atoms with Gasteiger partial charge in [-0.3, -0.25) is 5.32 Å². The number of nitrogens with zero attached hydrogens (tertiary/aromatic N) is 1. The predicted octanol–water partition coefficient (Wildman–Crippen LogP) is 5.07. The van der Waals surface area contributed by atoms with E-state index in [1.807, 2.05) is 24.3 Å². The molecule has 0 radical (unpaired) electrons. The van der Waals surface area contributed by atoms with Crippen molar-refractivity contribution in [3.8, 4) is 5.75 Å². The third-order valence-corrected chi connectivity index (χ3v) is 4.73. The molecule has 1 aliphatic rings. The summed E-state index contributed by atoms with van der Waals surface area (Å²) < 4.78 is 11.4. The van der Waals surface area contributed by atoms with Crippen LogP contribution < -0.4 is 10.1 Å². The first kappa shape index (κ1) is 20.6. The molecule has 146 valence electrons. The van der Waals surface area contributed by atoms with Crippen molar-refractivity contribution in [1.82, 2.24) is 4.90 Å². The number of amides is 1. The van der Waals surface area contributed by atoms with E-state index in [-0.39, 0.29) is 12.2 Å². The topological polar surface area (TPSA) is 50.8 Å². The van der Waals surface area contributed by atoms with Gasteiger partial charge in [0.25, 0.3) is 0 Å². The molecule has 0 aliphatic carbocycles. The molecule has 0 aromatic heterocycles. The number of unbranched alkanes of at least 4 members (excludes halogenated alkanes) is 3. The average molecular weight is 363 g/mol. The number of likely N-dealkylation sites (tertiary alicyclic amines) is 1. The highest BCUT2D eigenvalue weighted by molar-refractivity contribution is 5.86. The summed E-state index contributed by atoms with van der Waals surface area (Å²) in [5.74, 6) is 0.707. The lowest BCUT2D eigenvalue weighted by atomic mass is 10.1. The summed E-state index contributed by atoms with van der Waals surface area (Å²) >= 11 is 0. The van der Waals surface area contributed by atoms with E-state index in [4.69, 9.17) is 9.47 Å². The number of piperidine rings is 1. The number of carbonyl (C=O) groups is 1. The maximum absolute atomic E-state index is 12.3. The maximum atomic E-state index is 12.3. The molecule has 0 bridgehead atoms. The van der Waals surface area contributed by atoms with Crippen LogP contribution in [0, 0.1) is 0 Å². The van der Waals surface area contributed by atoms with Crippen LogP contribution in [0.3, 0.4) is 0 Å². The molecular weight excluding hydrogens is 328 g/mol. The molecular formula is C21H34N2O3. The van der Waals surface area contributed by atoms with Gasteiger partial charge in [0.05, 0.1) is 12.3 Å². The standard InChI is InChI=1S/C21H34N2O3/c1-3-5-6-9-17-25-20-11-8-7-10-19(20)22-21(24)26-18-12-15-23(14-4-2)16-13-18/h7-8,10-11,18H,3-6,9,12-17H2,1-2H3,(H,22,24). The van der Waals surface area contributed by atoms with E-state index in [0.29, 0.717) is 18.0 Å². The second-order valence-corrected chi connectivity index (χ2v) is 6.98. The van der Waals surface area contributed by atoms with Crippen LogP contribution >= 0.6 is 0 Å². The van der Waals surface area contributed by atoms with Gasteiger partial charge in [-0.05, 0) is 44.4 Å². The summed E-state index contributed by atoms with van der Waals surface area (Å²) in [7, 11) is 0. The highest BCUT2D eigenvalue weighted by Gasteiger charge is 2.22. The molecule has 1 aliphatic heterocycles. The van der Waals surface area contributed by atoms with Gasteiger partial charge < -0.3 is 14.4 Å². The third-order valence-electron chi connectivity index (χ3n) is 4.73. The Morgan fingerprint density at radius 2 is 1.88 bits per heavy atom. The second kappa shape index (κ2) is 11.8. The Hall–Kier alpha value is -1.75. The van der Waals surface area contributed by atoms with Crippen molar-refractivity contribution in [3.63, 3.8) is 0 Å². The Morgan fingerprint density at radius 3 is 2.62 bits per heavy atom. The minimum Gasteiger partial charge on any atom is -0.491 e. The predicted molar refractivity (Wildman–Crippen MR) is 106 cm³/mol. The monoisotopic (exact) mass is 362 g/mol. The molecule has 1 N–H and O–H groups in total. The molecule has 26 heavy (non-hydrogen) atoms. The molecule has 1 fully saturated rings. The average Bonchev–Trinajstić information content (AvgIpc) is 2.65. The number of anilines is 1. The summed E-state index contributed by atoms with van der Waals surface area (Å²) in [6.07, 6.45) is 7.24. The molecule has 1 aromatic carbocycles. The van der Waals surface area contributed by atoms with Crippen molar-refractivity contribution in [3.05, 3.63) is 24.3 Å². The molecule has 0 unspecified atom stereocenters. The Balaban J connectivity index is 1.76. The van der Waals surface area contributed by atoms with Crippen molar-refractivity contribution in [2.75, 3.05) is 31.6 Å². The van der Waals surface area contributed by atoms with Gasteiger partial charge in [0.15, 0.2) is 0 Å². The quantitative estimate of drug-likeness (QED) is 0.591. The lowest BCUT2D eigenvalue weighted by Gasteiger charge is -2.31. The number of nitrogens with one attached hydrogen (secondary N) is 1. The van der Waals surface area contributed by atoms with Crippen molar-refractivity contribution in [1.29, 1.82) is 0 Å². The summed E-state index contributed by atoms with van der Waals surface area (Å²) in [5.41, 5.74) is 0.677. The van der Waals surface area contributed by atoms with Crippen molar-refractivity contribution in [2.24, 2.45) is 0 Å². The van der Waals surface area contributed by atoms with E-state index in [0.717, 1.165) is 38.9 Å². The Morgan fingerprint density at radius 1 is 1.12 bits per heavy atom. The second-order valence-electron chi connectivity index (χ2n) is 6.98. The Kier molecular flexibility index (Phi) is 9.32. The summed E-state index contributed by atoms with van der Waals surface area (Å²) in [6.45, 7) is 8.19. The van der Waals surface area contributed by atoms with Gasteiger partial charge in [0.1, 0.15) is 11.9 Å². The molecule has 2 rings (SSSR count). The molecule has 1 heterocycles. The lowest BCUT2D eigenvalue weighted by molar-refractivity contribution is 0.0590. The van der Waals surface area contributed by atoms with E-state index < -0.39 is 0 Å². The Bertz CT molecular complexity index is 528. The smallest absolute Gasteiger partial charge is 0.412 e. The number of para-hydroxylation sites is 2. The van der Waals surface area contributed by atoms with Crippen LogP contribution in [-0.4, -0.2) is 43.3 Å². The fourth-order valence-electron chi connectivity index (χ4n) is 3.26. The van der Waals surface area contributed by atoms with Crippen molar-refractivity contribution >= 4 is 11.8 Å². The highest BCUT2D eigenvalue weighted by atomic mass is 16.6. The zero-order valence-corrected chi connectivity index (χ0v) is 16.3. The van der Waals surface area contributed by atoms with Crippen LogP contribution in [0.15, 0.2) is 24.3 Å². The van der Waals surface area contributed by atoms with Crippen LogP contribution in [-0.2, 0) is 4.74 Å². The lowest BCUT2D eigenvalue weighted by Crippen LogP contribution is -2.38. The van der Waals surface area contributed by atoms with Crippen LogP contribution in [0.5, 0.6) is 5.75 Å². The fraction of sp³-hybridized carbons (Fsp3) is 0.667. The zero-order chi connectivity index (χ0) is 18.6. The van der Waals surface area contributed by atoms with E-state index in [9.17, 15) is 4.79 Å². The van der Waals surface area contributed by atoms with E-state index in [2.05, 4.69) is 24.1 Å². The molecule has 5 nitrogen and oxygen atoms in total. The van der Waals surface area contributed by atoms with Gasteiger partial charge >= 0.3 is 6.09 Å². The number of hydrogen-bond donors (Lipinski definition) is 1. The molecule has 1 aromatic rings. The number of ether oxygens (including phenoxy) is 2. The first-order valence-corrected chi connectivity index (χ1v) is 10.1. The highest BCUT2D eigenvalue weighted by Crippen LogP contribution is 2.25. The van der Waals surface area contributed by atoms with E-state index in [1.165, 1.54) is 25.7 Å². The first-order chi connectivity index (χ1) is 12.7. The first-order valence-electron chi connectivity index (χ1n) is 10.1. The van der Waals surface area contributed by atoms with Gasteiger partial charge in [0.2, 0.25) is 0 Å². The number of rotatable bonds is 10. The molecule has 0 spiro atoms. The summed E-state index contributed by atoms with van der Waals surface area (Å²) in [6, 6.07) is 7.55. The summed E-state index contributed by atoms with van der Waals surface area (Å²) in [5, 5.41) is 2.85. The number of hydrogen-bond acceptors (Lipinski definition) is 4. The SMILES string of the molecule is CCCCCCOc1ccccc1NC(=O)OC1CCN(CCC)CC1. The number of benzene rings is 1. The fourth-order valence-corrected chi connectivity index (χ4v) is 3.26. The molecule has 5 heteroatoms.